The monoisotopic (exact) mass is 451 g/mol. The van der Waals surface area contributed by atoms with Crippen LogP contribution in [0.4, 0.5) is 26.3 Å². The minimum Gasteiger partial charge on any atom is -0.508 e. The number of phenols is 1. The third kappa shape index (κ3) is 3.65. The molecule has 10 heteroatoms. The fourth-order valence-corrected chi connectivity index (χ4v) is 3.46. The lowest BCUT2D eigenvalue weighted by Gasteiger charge is -2.12. The number of phenolic OH excluding ortho intramolecular Hbond substituents is 1. The number of hydrogen-bond donors (Lipinski definition) is 1. The van der Waals surface area contributed by atoms with Crippen molar-refractivity contribution < 1.29 is 31.4 Å². The van der Waals surface area contributed by atoms with Crippen LogP contribution in [0.3, 0.4) is 0 Å². The second-order valence-electron chi connectivity index (χ2n) is 7.48. The standard InChI is InChI=1S/C22H15F6N3O/c1-10(2)20-21(19-15(24)6-12(32)7-16(19)25)31-9-17(29-8-18(31)30-20)11-3-4-14(23)13(5-11)22(26,27)28/h3-10,32H,1-2H3. The number of hydrogen-bond acceptors (Lipinski definition) is 3. The number of alkyl halides is 3. The summed E-state index contributed by atoms with van der Waals surface area (Å²) in [4.78, 5) is 8.46. The van der Waals surface area contributed by atoms with Crippen LogP contribution >= 0.6 is 0 Å². The van der Waals surface area contributed by atoms with Crippen LogP contribution in [0, 0.1) is 17.5 Å². The van der Waals surface area contributed by atoms with Gasteiger partial charge in [0, 0.05) is 23.9 Å². The van der Waals surface area contributed by atoms with Crippen molar-refractivity contribution in [3.05, 3.63) is 71.4 Å². The Kier molecular flexibility index (Phi) is 5.10. The average molecular weight is 451 g/mol. The number of benzene rings is 2. The minimum atomic E-state index is -4.91. The maximum Gasteiger partial charge on any atom is 0.419 e. The normalized spacial score (nSPS) is 12.2. The van der Waals surface area contributed by atoms with Crippen LogP contribution in [-0.2, 0) is 6.18 Å². The van der Waals surface area contributed by atoms with Crippen molar-refractivity contribution in [2.45, 2.75) is 25.9 Å². The van der Waals surface area contributed by atoms with Gasteiger partial charge in [0.05, 0.1) is 34.4 Å². The summed E-state index contributed by atoms with van der Waals surface area (Å²) in [6.07, 6.45) is -2.38. The first-order chi connectivity index (χ1) is 15.0. The lowest BCUT2D eigenvalue weighted by molar-refractivity contribution is -0.139. The predicted octanol–water partition coefficient (Wildman–Crippen LogP) is 6.33. The lowest BCUT2D eigenvalue weighted by atomic mass is 10.0. The Morgan fingerprint density at radius 3 is 2.22 bits per heavy atom. The van der Waals surface area contributed by atoms with Crippen LogP contribution < -0.4 is 0 Å². The van der Waals surface area contributed by atoms with E-state index in [0.29, 0.717) is 17.8 Å². The fraction of sp³-hybridized carbons (Fsp3) is 0.182. The van der Waals surface area contributed by atoms with Gasteiger partial charge in [-0.1, -0.05) is 13.8 Å². The number of aromatic nitrogens is 3. The van der Waals surface area contributed by atoms with Crippen LogP contribution in [0.25, 0.3) is 28.2 Å². The van der Waals surface area contributed by atoms with E-state index >= 15 is 0 Å². The van der Waals surface area contributed by atoms with E-state index in [1.165, 1.54) is 16.8 Å². The zero-order chi connectivity index (χ0) is 23.4. The van der Waals surface area contributed by atoms with Gasteiger partial charge >= 0.3 is 6.18 Å². The quantitative estimate of drug-likeness (QED) is 0.371. The van der Waals surface area contributed by atoms with E-state index in [1.54, 1.807) is 13.8 Å². The average Bonchev–Trinajstić information content (AvgIpc) is 3.05. The summed E-state index contributed by atoms with van der Waals surface area (Å²) in [6, 6.07) is 3.92. The van der Waals surface area contributed by atoms with Crippen molar-refractivity contribution in [1.29, 1.82) is 0 Å². The molecule has 4 aromatic rings. The van der Waals surface area contributed by atoms with Gasteiger partial charge in [-0.2, -0.15) is 13.2 Å². The van der Waals surface area contributed by atoms with E-state index in [-0.39, 0.29) is 28.5 Å². The molecule has 1 N–H and O–H groups in total. The molecular formula is C22H15F6N3O. The first kappa shape index (κ1) is 21.7. The largest absolute Gasteiger partial charge is 0.508 e. The molecule has 0 spiro atoms. The van der Waals surface area contributed by atoms with Crippen LogP contribution in [0.2, 0.25) is 0 Å². The Morgan fingerprint density at radius 2 is 1.62 bits per heavy atom. The highest BCUT2D eigenvalue weighted by molar-refractivity contribution is 5.71. The number of halogens is 6. The molecule has 0 amide bonds. The van der Waals surface area contributed by atoms with Gasteiger partial charge in [-0.05, 0) is 24.1 Å². The molecule has 0 unspecified atom stereocenters. The lowest BCUT2D eigenvalue weighted by Crippen LogP contribution is -2.08. The van der Waals surface area contributed by atoms with Gasteiger partial charge in [0.15, 0.2) is 5.65 Å². The topological polar surface area (TPSA) is 50.4 Å². The summed E-state index contributed by atoms with van der Waals surface area (Å²) < 4.78 is 83.7. The van der Waals surface area contributed by atoms with Gasteiger partial charge in [0.1, 0.15) is 23.2 Å². The second-order valence-corrected chi connectivity index (χ2v) is 7.48. The zero-order valence-electron chi connectivity index (χ0n) is 16.7. The summed E-state index contributed by atoms with van der Waals surface area (Å²) in [5, 5.41) is 9.48. The van der Waals surface area contributed by atoms with Crippen LogP contribution in [-0.4, -0.2) is 19.5 Å². The molecule has 4 nitrogen and oxygen atoms in total. The van der Waals surface area contributed by atoms with E-state index < -0.39 is 40.5 Å². The van der Waals surface area contributed by atoms with Gasteiger partial charge in [0.2, 0.25) is 0 Å². The first-order valence-electron chi connectivity index (χ1n) is 9.41. The molecule has 0 aliphatic rings. The van der Waals surface area contributed by atoms with Gasteiger partial charge in [0.25, 0.3) is 0 Å². The number of aromatic hydroxyl groups is 1. The molecule has 166 valence electrons. The molecule has 0 bridgehead atoms. The summed E-state index contributed by atoms with van der Waals surface area (Å²) >= 11 is 0. The highest BCUT2D eigenvalue weighted by Crippen LogP contribution is 2.37. The fourth-order valence-electron chi connectivity index (χ4n) is 3.46. The minimum absolute atomic E-state index is 0.0107. The summed E-state index contributed by atoms with van der Waals surface area (Å²) in [5.74, 6) is -4.38. The third-order valence-electron chi connectivity index (χ3n) is 4.91. The molecule has 2 aromatic heterocycles. The summed E-state index contributed by atoms with van der Waals surface area (Å²) in [6.45, 7) is 3.51. The third-order valence-corrected chi connectivity index (χ3v) is 4.91. The molecule has 2 heterocycles. The number of rotatable bonds is 3. The Labute approximate surface area is 177 Å². The molecule has 0 radical (unpaired) electrons. The Hall–Kier alpha value is -3.56. The van der Waals surface area contributed by atoms with Gasteiger partial charge in [-0.25, -0.2) is 18.2 Å². The van der Waals surface area contributed by atoms with Gasteiger partial charge in [-0.15, -0.1) is 0 Å². The molecule has 0 saturated heterocycles. The SMILES string of the molecule is CC(C)c1nc2cnc(-c3ccc(F)c(C(F)(F)F)c3)cn2c1-c1c(F)cc(O)cc1F. The van der Waals surface area contributed by atoms with Crippen molar-refractivity contribution in [2.75, 3.05) is 0 Å². The van der Waals surface area contributed by atoms with E-state index in [4.69, 9.17) is 0 Å². The van der Waals surface area contributed by atoms with Crippen LogP contribution in [0.5, 0.6) is 5.75 Å². The number of fused-ring (bicyclic) bond motifs is 1. The Balaban J connectivity index is 1.99. The second kappa shape index (κ2) is 7.54. The molecule has 0 aliphatic carbocycles. The molecule has 0 saturated carbocycles. The number of imidazole rings is 1. The molecule has 32 heavy (non-hydrogen) atoms. The molecule has 0 aliphatic heterocycles. The molecule has 4 rings (SSSR count). The highest BCUT2D eigenvalue weighted by atomic mass is 19.4. The van der Waals surface area contributed by atoms with Crippen molar-refractivity contribution in [1.82, 2.24) is 14.4 Å². The van der Waals surface area contributed by atoms with Crippen molar-refractivity contribution in [3.8, 4) is 28.3 Å². The van der Waals surface area contributed by atoms with Crippen molar-refractivity contribution >= 4 is 5.65 Å². The van der Waals surface area contributed by atoms with Crippen molar-refractivity contribution in [3.63, 3.8) is 0 Å². The van der Waals surface area contributed by atoms with E-state index in [2.05, 4.69) is 9.97 Å². The molecule has 0 fully saturated rings. The Morgan fingerprint density at radius 1 is 0.969 bits per heavy atom. The van der Waals surface area contributed by atoms with E-state index in [9.17, 15) is 31.4 Å². The maximum atomic E-state index is 14.7. The van der Waals surface area contributed by atoms with Gasteiger partial charge in [-0.3, -0.25) is 9.38 Å². The van der Waals surface area contributed by atoms with Crippen LogP contribution in [0.1, 0.15) is 31.0 Å². The highest BCUT2D eigenvalue weighted by Gasteiger charge is 2.34. The summed E-state index contributed by atoms with van der Waals surface area (Å²) in [5.41, 5.74) is -1.38. The predicted molar refractivity (Wildman–Crippen MR) is 104 cm³/mol. The zero-order valence-corrected chi connectivity index (χ0v) is 16.7. The van der Waals surface area contributed by atoms with Gasteiger partial charge < -0.3 is 5.11 Å². The molecule has 2 aromatic carbocycles. The number of nitrogens with zero attached hydrogens (tertiary/aromatic N) is 3. The smallest absolute Gasteiger partial charge is 0.419 e. The molecular weight excluding hydrogens is 436 g/mol. The maximum absolute atomic E-state index is 14.7. The van der Waals surface area contributed by atoms with E-state index in [0.717, 1.165) is 18.2 Å². The Bertz CT molecular complexity index is 1320. The summed E-state index contributed by atoms with van der Waals surface area (Å²) in [7, 11) is 0. The van der Waals surface area contributed by atoms with Crippen LogP contribution in [0.15, 0.2) is 42.7 Å². The van der Waals surface area contributed by atoms with E-state index in [1.807, 2.05) is 0 Å². The molecule has 0 atom stereocenters. The first-order valence-corrected chi connectivity index (χ1v) is 9.41. The van der Waals surface area contributed by atoms with Crippen molar-refractivity contribution in [2.24, 2.45) is 0 Å².